The second-order valence-corrected chi connectivity index (χ2v) is 4.71. The Kier molecular flexibility index (Phi) is 2.05. The Balaban J connectivity index is 2.44. The Morgan fingerprint density at radius 1 is 1.29 bits per heavy atom. The van der Waals surface area contributed by atoms with E-state index in [-0.39, 0.29) is 5.75 Å². The van der Waals surface area contributed by atoms with Gasteiger partial charge in [0.2, 0.25) is 10.0 Å². The average Bonchev–Trinajstić information content (AvgIpc) is 2.47. The van der Waals surface area contributed by atoms with Gasteiger partial charge < -0.3 is 4.42 Å². The predicted molar refractivity (Wildman–Crippen MR) is 53.0 cm³/mol. The molecule has 0 unspecified atom stereocenters. The molecule has 0 bridgehead atoms. The van der Waals surface area contributed by atoms with E-state index < -0.39 is 10.0 Å². The van der Waals surface area contributed by atoms with Crippen molar-refractivity contribution in [3.8, 4) is 0 Å². The maximum Gasteiger partial charge on any atom is 0.213 e. The lowest BCUT2D eigenvalue weighted by atomic mass is 10.2. The average molecular weight is 211 g/mol. The van der Waals surface area contributed by atoms with Crippen LogP contribution in [0, 0.1) is 0 Å². The van der Waals surface area contributed by atoms with Gasteiger partial charge in [0.25, 0.3) is 0 Å². The molecule has 74 valence electrons. The minimum atomic E-state index is -3.46. The summed E-state index contributed by atoms with van der Waals surface area (Å²) in [4.78, 5) is 0. The van der Waals surface area contributed by atoms with E-state index >= 15 is 0 Å². The molecule has 0 aliphatic heterocycles. The zero-order valence-electron chi connectivity index (χ0n) is 7.30. The largest absolute Gasteiger partial charge is 0.464 e. The van der Waals surface area contributed by atoms with Gasteiger partial charge in [-0.05, 0) is 23.8 Å². The fraction of sp³-hybridized carbons (Fsp3) is 0.111. The number of primary sulfonamides is 1. The molecule has 0 atom stereocenters. The van der Waals surface area contributed by atoms with Crippen LogP contribution in [0.3, 0.4) is 0 Å². The molecular weight excluding hydrogens is 202 g/mol. The van der Waals surface area contributed by atoms with Gasteiger partial charge >= 0.3 is 0 Å². The van der Waals surface area contributed by atoms with Crippen LogP contribution < -0.4 is 5.14 Å². The summed E-state index contributed by atoms with van der Waals surface area (Å²) in [6, 6.07) is 6.96. The van der Waals surface area contributed by atoms with Gasteiger partial charge in [0.05, 0.1) is 12.0 Å². The lowest BCUT2D eigenvalue weighted by molar-refractivity contribution is 0.597. The van der Waals surface area contributed by atoms with E-state index in [2.05, 4.69) is 0 Å². The number of hydrogen-bond donors (Lipinski definition) is 1. The third-order valence-electron chi connectivity index (χ3n) is 1.88. The molecule has 5 heteroatoms. The first-order chi connectivity index (χ1) is 6.54. The molecule has 4 nitrogen and oxygen atoms in total. The van der Waals surface area contributed by atoms with Gasteiger partial charge in [0.15, 0.2) is 0 Å². The molecule has 0 fully saturated rings. The zero-order valence-corrected chi connectivity index (χ0v) is 8.12. The molecule has 14 heavy (non-hydrogen) atoms. The molecule has 2 aromatic rings. The Morgan fingerprint density at radius 3 is 2.79 bits per heavy atom. The third-order valence-corrected chi connectivity index (χ3v) is 2.62. The van der Waals surface area contributed by atoms with E-state index in [9.17, 15) is 8.42 Å². The van der Waals surface area contributed by atoms with Crippen molar-refractivity contribution in [1.29, 1.82) is 0 Å². The standard InChI is InChI=1S/C9H9NO3S/c10-14(11,12)6-7-1-2-9-8(5-7)3-4-13-9/h1-5H,6H2,(H2,10,11,12). The number of hydrogen-bond acceptors (Lipinski definition) is 3. The first-order valence-corrected chi connectivity index (χ1v) is 5.73. The lowest BCUT2D eigenvalue weighted by Gasteiger charge is -1.98. The zero-order chi connectivity index (χ0) is 10.2. The number of sulfonamides is 1. The first-order valence-electron chi connectivity index (χ1n) is 4.01. The second kappa shape index (κ2) is 3.11. The van der Waals surface area contributed by atoms with Crippen molar-refractivity contribution >= 4 is 21.0 Å². The van der Waals surface area contributed by atoms with Crippen molar-refractivity contribution in [2.24, 2.45) is 5.14 Å². The van der Waals surface area contributed by atoms with Crippen LogP contribution in [-0.4, -0.2) is 8.42 Å². The van der Waals surface area contributed by atoms with Crippen molar-refractivity contribution in [2.45, 2.75) is 5.75 Å². The molecule has 1 aromatic carbocycles. The van der Waals surface area contributed by atoms with Crippen molar-refractivity contribution in [3.05, 3.63) is 36.1 Å². The Bertz CT molecular complexity index is 556. The molecular formula is C9H9NO3S. The third kappa shape index (κ3) is 1.94. The van der Waals surface area contributed by atoms with Gasteiger partial charge in [0, 0.05) is 5.39 Å². The predicted octanol–water partition coefficient (Wildman–Crippen LogP) is 1.22. The normalized spacial score (nSPS) is 12.1. The molecule has 0 saturated carbocycles. The van der Waals surface area contributed by atoms with E-state index in [1.165, 1.54) is 0 Å². The summed E-state index contributed by atoms with van der Waals surface area (Å²) < 4.78 is 26.8. The van der Waals surface area contributed by atoms with E-state index in [1.54, 1.807) is 30.5 Å². The molecule has 1 aromatic heterocycles. The van der Waals surface area contributed by atoms with E-state index in [4.69, 9.17) is 9.56 Å². The molecule has 0 radical (unpaired) electrons. The van der Waals surface area contributed by atoms with Gasteiger partial charge in [-0.2, -0.15) is 0 Å². The van der Waals surface area contributed by atoms with Gasteiger partial charge in [0.1, 0.15) is 5.58 Å². The van der Waals surface area contributed by atoms with Crippen molar-refractivity contribution in [3.63, 3.8) is 0 Å². The summed E-state index contributed by atoms with van der Waals surface area (Å²) in [7, 11) is -3.46. The van der Waals surface area contributed by atoms with Crippen LogP contribution in [0.2, 0.25) is 0 Å². The Morgan fingerprint density at radius 2 is 2.07 bits per heavy atom. The SMILES string of the molecule is NS(=O)(=O)Cc1ccc2occc2c1. The molecule has 1 heterocycles. The summed E-state index contributed by atoms with van der Waals surface area (Å²) in [5.74, 6) is -0.145. The van der Waals surface area contributed by atoms with Crippen LogP contribution in [-0.2, 0) is 15.8 Å². The number of fused-ring (bicyclic) bond motifs is 1. The second-order valence-electron chi connectivity index (χ2n) is 3.10. The monoisotopic (exact) mass is 211 g/mol. The maximum absolute atomic E-state index is 10.8. The number of benzene rings is 1. The van der Waals surface area contributed by atoms with E-state index in [0.717, 1.165) is 11.0 Å². The van der Waals surface area contributed by atoms with Gasteiger partial charge in [-0.25, -0.2) is 13.6 Å². The summed E-state index contributed by atoms with van der Waals surface area (Å²) in [6.45, 7) is 0. The van der Waals surface area contributed by atoms with Gasteiger partial charge in [-0.15, -0.1) is 0 Å². The quantitative estimate of drug-likeness (QED) is 0.811. The van der Waals surface area contributed by atoms with Crippen LogP contribution in [0.5, 0.6) is 0 Å². The van der Waals surface area contributed by atoms with Crippen LogP contribution in [0.4, 0.5) is 0 Å². The van der Waals surface area contributed by atoms with Gasteiger partial charge in [-0.1, -0.05) is 6.07 Å². The molecule has 2 rings (SSSR count). The molecule has 2 N–H and O–H groups in total. The molecule has 0 spiro atoms. The van der Waals surface area contributed by atoms with Gasteiger partial charge in [-0.3, -0.25) is 0 Å². The topological polar surface area (TPSA) is 73.3 Å². The fourth-order valence-electron chi connectivity index (χ4n) is 1.34. The number of nitrogens with two attached hydrogens (primary N) is 1. The van der Waals surface area contributed by atoms with Crippen LogP contribution in [0.1, 0.15) is 5.56 Å². The number of rotatable bonds is 2. The van der Waals surface area contributed by atoms with Crippen LogP contribution in [0.25, 0.3) is 11.0 Å². The Labute approximate surface area is 81.4 Å². The Hall–Kier alpha value is -1.33. The highest BCUT2D eigenvalue weighted by Gasteiger charge is 2.06. The summed E-state index contributed by atoms with van der Waals surface area (Å²) in [5, 5.41) is 5.82. The lowest BCUT2D eigenvalue weighted by Crippen LogP contribution is -2.14. The smallest absolute Gasteiger partial charge is 0.213 e. The van der Waals surface area contributed by atoms with Crippen molar-refractivity contribution < 1.29 is 12.8 Å². The highest BCUT2D eigenvalue weighted by atomic mass is 32.2. The van der Waals surface area contributed by atoms with Crippen LogP contribution >= 0.6 is 0 Å². The van der Waals surface area contributed by atoms with E-state index in [0.29, 0.717) is 5.56 Å². The number of furan rings is 1. The molecule has 0 amide bonds. The summed E-state index contributed by atoms with van der Waals surface area (Å²) >= 11 is 0. The summed E-state index contributed by atoms with van der Waals surface area (Å²) in [6.07, 6.45) is 1.56. The van der Waals surface area contributed by atoms with E-state index in [1.807, 2.05) is 0 Å². The van der Waals surface area contributed by atoms with Crippen molar-refractivity contribution in [1.82, 2.24) is 0 Å². The minimum Gasteiger partial charge on any atom is -0.464 e. The molecule has 0 saturated heterocycles. The van der Waals surface area contributed by atoms with Crippen LogP contribution in [0.15, 0.2) is 34.9 Å². The molecule has 0 aliphatic carbocycles. The molecule has 0 aliphatic rings. The fourth-order valence-corrected chi connectivity index (χ4v) is 1.98. The summed E-state index contributed by atoms with van der Waals surface area (Å²) in [5.41, 5.74) is 1.41. The van der Waals surface area contributed by atoms with Crippen molar-refractivity contribution in [2.75, 3.05) is 0 Å². The first kappa shape index (κ1) is 9.23. The minimum absolute atomic E-state index is 0.145. The highest BCUT2D eigenvalue weighted by Crippen LogP contribution is 2.17. The maximum atomic E-state index is 10.8. The highest BCUT2D eigenvalue weighted by molar-refractivity contribution is 7.88.